The first-order chi connectivity index (χ1) is 19.3. The van der Waals surface area contributed by atoms with E-state index in [0.29, 0.717) is 16.3 Å². The van der Waals surface area contributed by atoms with Crippen LogP contribution >= 0.6 is 23.1 Å². The minimum absolute atomic E-state index is 0.233. The molecule has 0 saturated carbocycles. The number of benzene rings is 3. The van der Waals surface area contributed by atoms with Gasteiger partial charge in [0.2, 0.25) is 11.8 Å². The predicted molar refractivity (Wildman–Crippen MR) is 165 cm³/mol. The molecule has 0 aliphatic carbocycles. The van der Waals surface area contributed by atoms with Crippen LogP contribution in [0.15, 0.2) is 95.2 Å². The van der Waals surface area contributed by atoms with Gasteiger partial charge in [0.25, 0.3) is 0 Å². The number of nitrogens with one attached hydrogen (secondary N) is 2. The fourth-order valence-corrected chi connectivity index (χ4v) is 5.73. The second kappa shape index (κ2) is 13.8. The third kappa shape index (κ3) is 7.71. The molecule has 4 rings (SSSR count). The molecule has 0 aliphatic heterocycles. The van der Waals surface area contributed by atoms with Gasteiger partial charge in [0.1, 0.15) is 10.6 Å². The number of carbonyl (C=O) groups is 3. The second-order valence-electron chi connectivity index (χ2n) is 8.95. The van der Waals surface area contributed by atoms with E-state index < -0.39 is 11.2 Å². The van der Waals surface area contributed by atoms with Crippen LogP contribution in [0.4, 0.5) is 10.7 Å². The van der Waals surface area contributed by atoms with Crippen LogP contribution < -0.4 is 10.6 Å². The summed E-state index contributed by atoms with van der Waals surface area (Å²) in [5.74, 6) is -0.960. The minimum Gasteiger partial charge on any atom is -0.462 e. The van der Waals surface area contributed by atoms with E-state index in [1.807, 2.05) is 85.1 Å². The summed E-state index contributed by atoms with van der Waals surface area (Å²) in [6.07, 6.45) is 3.23. The number of thiophene rings is 1. The topological polar surface area (TPSA) is 84.5 Å². The lowest BCUT2D eigenvalue weighted by Gasteiger charge is -2.13. The monoisotopic (exact) mass is 570 g/mol. The highest BCUT2D eigenvalue weighted by Crippen LogP contribution is 2.37. The van der Waals surface area contributed by atoms with Crippen molar-refractivity contribution in [2.24, 2.45) is 0 Å². The van der Waals surface area contributed by atoms with Gasteiger partial charge in [-0.05, 0) is 56.2 Å². The predicted octanol–water partition coefficient (Wildman–Crippen LogP) is 7.67. The number of esters is 1. The number of hydrogen-bond donors (Lipinski definition) is 2. The maximum absolute atomic E-state index is 13.2. The first kappa shape index (κ1) is 28.9. The highest BCUT2D eigenvalue weighted by atomic mass is 32.2. The maximum atomic E-state index is 13.2. The molecule has 0 radical (unpaired) electrons. The summed E-state index contributed by atoms with van der Waals surface area (Å²) < 4.78 is 5.31. The summed E-state index contributed by atoms with van der Waals surface area (Å²) in [4.78, 5) is 39.2. The van der Waals surface area contributed by atoms with Crippen molar-refractivity contribution in [3.63, 3.8) is 0 Å². The Hall–Kier alpha value is -4.14. The zero-order valence-corrected chi connectivity index (χ0v) is 24.1. The van der Waals surface area contributed by atoms with Gasteiger partial charge in [-0.25, -0.2) is 4.79 Å². The normalized spacial score (nSPS) is 11.7. The maximum Gasteiger partial charge on any atom is 0.341 e. The zero-order chi connectivity index (χ0) is 28.5. The van der Waals surface area contributed by atoms with Crippen LogP contribution in [0.1, 0.15) is 35.3 Å². The van der Waals surface area contributed by atoms with Crippen LogP contribution in [0.5, 0.6) is 0 Å². The van der Waals surface area contributed by atoms with Gasteiger partial charge in [-0.2, -0.15) is 0 Å². The molecule has 0 fully saturated rings. The summed E-state index contributed by atoms with van der Waals surface area (Å²) in [5.41, 5.74) is 4.64. The van der Waals surface area contributed by atoms with E-state index in [1.54, 1.807) is 26.0 Å². The van der Waals surface area contributed by atoms with Gasteiger partial charge in [-0.1, -0.05) is 66.2 Å². The summed E-state index contributed by atoms with van der Waals surface area (Å²) in [7, 11) is 0. The Bertz CT molecular complexity index is 1510. The van der Waals surface area contributed by atoms with Gasteiger partial charge in [0, 0.05) is 27.6 Å². The first-order valence-corrected chi connectivity index (χ1v) is 14.6. The summed E-state index contributed by atoms with van der Waals surface area (Å²) in [6.45, 7) is 5.78. The number of ether oxygens (including phenoxy) is 1. The minimum atomic E-state index is -0.473. The van der Waals surface area contributed by atoms with Crippen molar-refractivity contribution in [3.8, 4) is 11.1 Å². The van der Waals surface area contributed by atoms with Crippen molar-refractivity contribution in [1.29, 1.82) is 0 Å². The molecule has 0 aliphatic rings. The first-order valence-electron chi connectivity index (χ1n) is 12.8. The van der Waals surface area contributed by atoms with Gasteiger partial charge >= 0.3 is 5.97 Å². The Kier molecular flexibility index (Phi) is 9.94. The molecule has 0 saturated heterocycles. The highest BCUT2D eigenvalue weighted by molar-refractivity contribution is 8.00. The lowest BCUT2D eigenvalue weighted by molar-refractivity contribution is -0.115. The van der Waals surface area contributed by atoms with E-state index in [4.69, 9.17) is 4.74 Å². The molecule has 1 heterocycles. The van der Waals surface area contributed by atoms with Crippen molar-refractivity contribution in [2.45, 2.75) is 30.9 Å². The fourth-order valence-electron chi connectivity index (χ4n) is 3.84. The molecule has 1 unspecified atom stereocenters. The van der Waals surface area contributed by atoms with E-state index in [0.717, 1.165) is 27.1 Å². The molecule has 0 bridgehead atoms. The molecule has 40 heavy (non-hydrogen) atoms. The largest absolute Gasteiger partial charge is 0.462 e. The van der Waals surface area contributed by atoms with Gasteiger partial charge in [0.15, 0.2) is 0 Å². The van der Waals surface area contributed by atoms with E-state index >= 15 is 0 Å². The van der Waals surface area contributed by atoms with Crippen LogP contribution in [-0.2, 0) is 14.3 Å². The Morgan fingerprint density at radius 2 is 1.73 bits per heavy atom. The van der Waals surface area contributed by atoms with Crippen LogP contribution in [0.2, 0.25) is 0 Å². The number of thioether (sulfide) groups is 1. The number of aryl methyl sites for hydroxylation is 1. The Balaban J connectivity index is 1.43. The third-order valence-corrected chi connectivity index (χ3v) is 7.87. The van der Waals surface area contributed by atoms with Crippen molar-refractivity contribution in [3.05, 3.63) is 107 Å². The second-order valence-corrected chi connectivity index (χ2v) is 11.2. The molecular weight excluding hydrogens is 540 g/mol. The number of amides is 2. The smallest absolute Gasteiger partial charge is 0.341 e. The van der Waals surface area contributed by atoms with Crippen LogP contribution in [0.25, 0.3) is 17.2 Å². The molecule has 8 heteroatoms. The van der Waals surface area contributed by atoms with Crippen molar-refractivity contribution < 1.29 is 19.1 Å². The van der Waals surface area contributed by atoms with Gasteiger partial charge < -0.3 is 15.4 Å². The number of hydrogen-bond acceptors (Lipinski definition) is 6. The molecular formula is C32H30N2O4S2. The third-order valence-electron chi connectivity index (χ3n) is 5.88. The molecule has 6 nitrogen and oxygen atoms in total. The average molecular weight is 571 g/mol. The van der Waals surface area contributed by atoms with Gasteiger partial charge in [-0.3, -0.25) is 9.59 Å². The molecule has 2 N–H and O–H groups in total. The zero-order valence-electron chi connectivity index (χ0n) is 22.5. The van der Waals surface area contributed by atoms with Gasteiger partial charge in [0.05, 0.1) is 11.9 Å². The molecule has 204 valence electrons. The van der Waals surface area contributed by atoms with Crippen LogP contribution in [0, 0.1) is 6.92 Å². The van der Waals surface area contributed by atoms with Crippen molar-refractivity contribution >= 4 is 57.6 Å². The quantitative estimate of drug-likeness (QED) is 0.116. The SMILES string of the molecule is CCOC(=O)c1c(-c2ccc(C)cc2)csc1NC(=O)C(C)Sc1cccc(NC(=O)/C=C/c2ccccc2)c1. The number of carbonyl (C=O) groups excluding carboxylic acids is 3. The highest BCUT2D eigenvalue weighted by Gasteiger charge is 2.24. The van der Waals surface area contributed by atoms with E-state index in [-0.39, 0.29) is 18.4 Å². The van der Waals surface area contributed by atoms with E-state index in [9.17, 15) is 14.4 Å². The summed E-state index contributed by atoms with van der Waals surface area (Å²) in [6, 6.07) is 24.8. The van der Waals surface area contributed by atoms with Crippen LogP contribution in [0.3, 0.4) is 0 Å². The summed E-state index contributed by atoms with van der Waals surface area (Å²) in [5, 5.41) is 7.64. The molecule has 4 aromatic rings. The lowest BCUT2D eigenvalue weighted by atomic mass is 10.0. The molecule has 1 atom stereocenters. The van der Waals surface area contributed by atoms with Crippen LogP contribution in [-0.4, -0.2) is 29.6 Å². The molecule has 0 spiro atoms. The summed E-state index contributed by atoms with van der Waals surface area (Å²) >= 11 is 2.66. The Labute approximate surface area is 242 Å². The van der Waals surface area contributed by atoms with Crippen molar-refractivity contribution in [2.75, 3.05) is 17.2 Å². The van der Waals surface area contributed by atoms with E-state index in [2.05, 4.69) is 10.6 Å². The van der Waals surface area contributed by atoms with E-state index in [1.165, 1.54) is 29.2 Å². The molecule has 3 aromatic carbocycles. The van der Waals surface area contributed by atoms with Gasteiger partial charge in [-0.15, -0.1) is 23.1 Å². The van der Waals surface area contributed by atoms with Crippen molar-refractivity contribution in [1.82, 2.24) is 0 Å². The standard InChI is InChI=1S/C32H30N2O4S2/c1-4-38-32(37)29-27(24-16-13-21(2)14-17-24)20-39-31(29)34-30(36)22(3)40-26-12-8-11-25(19-26)33-28(35)18-15-23-9-6-5-7-10-23/h5-20,22H,4H2,1-3H3,(H,33,35)(H,34,36)/b18-15+. The Morgan fingerprint density at radius 3 is 2.45 bits per heavy atom. The fraction of sp³-hybridized carbons (Fsp3) is 0.156. The Morgan fingerprint density at radius 1 is 0.975 bits per heavy atom. The lowest BCUT2D eigenvalue weighted by Crippen LogP contribution is -2.23. The molecule has 1 aromatic heterocycles. The number of rotatable bonds is 10. The average Bonchev–Trinajstić information content (AvgIpc) is 3.36. The molecule has 2 amide bonds. The number of anilines is 2.